The average Bonchev–Trinajstić information content (AvgIpc) is 3.48. The maximum absolute atomic E-state index is 13.0. The van der Waals surface area contributed by atoms with Crippen LogP contribution in [0.3, 0.4) is 0 Å². The van der Waals surface area contributed by atoms with E-state index in [1.54, 1.807) is 23.2 Å². The second-order valence-corrected chi connectivity index (χ2v) is 8.27. The number of aryl methyl sites for hydroxylation is 1. The number of aromatic amines is 1. The zero-order valence-corrected chi connectivity index (χ0v) is 17.5. The van der Waals surface area contributed by atoms with Crippen molar-refractivity contribution in [3.63, 3.8) is 0 Å². The van der Waals surface area contributed by atoms with E-state index >= 15 is 0 Å². The fourth-order valence-corrected chi connectivity index (χ4v) is 4.90. The molecule has 0 spiro atoms. The Morgan fingerprint density at radius 1 is 1.29 bits per heavy atom. The Bertz CT molecular complexity index is 1410. The van der Waals surface area contributed by atoms with Gasteiger partial charge in [0.05, 0.1) is 16.4 Å². The third-order valence-corrected chi connectivity index (χ3v) is 6.36. The Labute approximate surface area is 181 Å². The van der Waals surface area contributed by atoms with E-state index in [1.807, 2.05) is 37.4 Å². The number of thiazole rings is 1. The van der Waals surface area contributed by atoms with Crippen LogP contribution >= 0.6 is 11.3 Å². The summed E-state index contributed by atoms with van der Waals surface area (Å²) in [6.07, 6.45) is 7.21. The van der Waals surface area contributed by atoms with E-state index in [4.69, 9.17) is 10.4 Å². The lowest BCUT2D eigenvalue weighted by Crippen LogP contribution is -2.26. The maximum atomic E-state index is 13.0. The first-order valence-corrected chi connectivity index (χ1v) is 10.5. The van der Waals surface area contributed by atoms with Gasteiger partial charge in [0.1, 0.15) is 10.7 Å². The predicted molar refractivity (Wildman–Crippen MR) is 121 cm³/mol. The minimum atomic E-state index is -0.234. The number of amides is 1. The fraction of sp³-hybridized carbons (Fsp3) is 0.136. The van der Waals surface area contributed by atoms with Crippen molar-refractivity contribution in [3.05, 3.63) is 76.3 Å². The van der Waals surface area contributed by atoms with Crippen LogP contribution in [-0.2, 0) is 20.0 Å². The van der Waals surface area contributed by atoms with Gasteiger partial charge in [-0.25, -0.2) is 4.98 Å². The lowest BCUT2D eigenvalue weighted by Gasteiger charge is -2.08. The summed E-state index contributed by atoms with van der Waals surface area (Å²) in [6.45, 7) is 0.368. The maximum Gasteiger partial charge on any atom is 0.268 e. The summed E-state index contributed by atoms with van der Waals surface area (Å²) in [5.74, 6) is -0.234. The van der Waals surface area contributed by atoms with Crippen LogP contribution in [0.2, 0.25) is 0 Å². The largest absolute Gasteiger partial charge is 0.347 e. The molecule has 1 aromatic carbocycles. The van der Waals surface area contributed by atoms with Crippen molar-refractivity contribution in [3.8, 4) is 0 Å². The van der Waals surface area contributed by atoms with E-state index in [0.29, 0.717) is 24.2 Å². The summed E-state index contributed by atoms with van der Waals surface area (Å²) in [7, 11) is 1.82. The van der Waals surface area contributed by atoms with Gasteiger partial charge < -0.3 is 15.3 Å². The van der Waals surface area contributed by atoms with Gasteiger partial charge in [0.15, 0.2) is 5.65 Å². The van der Waals surface area contributed by atoms with Crippen molar-refractivity contribution < 1.29 is 4.79 Å². The SMILES string of the molecule is Cn1c(C(=O)NCc2cccc3[nH]ncc23)c(C=N)c2sc(Cc3ccncc3)nc21. The molecule has 3 N–H and O–H groups in total. The second-order valence-electron chi connectivity index (χ2n) is 7.19. The number of aromatic nitrogens is 5. The molecule has 0 aliphatic carbocycles. The molecule has 0 aliphatic heterocycles. The third-order valence-electron chi connectivity index (χ3n) is 5.29. The molecule has 0 atom stereocenters. The van der Waals surface area contributed by atoms with Crippen LogP contribution in [0.25, 0.3) is 21.3 Å². The number of fused-ring (bicyclic) bond motifs is 2. The molecule has 0 aliphatic rings. The standard InChI is InChI=1S/C22H19N7OS/c1-29-19(22(30)25-11-14-3-2-4-17-16(14)12-26-28-17)15(10-23)20-21(29)27-18(31-20)9-13-5-7-24-8-6-13/h2-8,10,12,23H,9,11H2,1H3,(H,25,30)(H,26,28). The molecule has 8 nitrogen and oxygen atoms in total. The van der Waals surface area contributed by atoms with Crippen LogP contribution < -0.4 is 5.32 Å². The first-order valence-electron chi connectivity index (χ1n) is 9.72. The first kappa shape index (κ1) is 19.1. The summed E-state index contributed by atoms with van der Waals surface area (Å²) < 4.78 is 2.62. The van der Waals surface area contributed by atoms with E-state index in [0.717, 1.165) is 37.4 Å². The van der Waals surface area contributed by atoms with Gasteiger partial charge in [0.2, 0.25) is 0 Å². The number of hydrogen-bond donors (Lipinski definition) is 3. The molecule has 31 heavy (non-hydrogen) atoms. The van der Waals surface area contributed by atoms with Crippen LogP contribution in [0.4, 0.5) is 0 Å². The summed E-state index contributed by atoms with van der Waals surface area (Å²) in [5, 5.41) is 19.8. The van der Waals surface area contributed by atoms with Gasteiger partial charge in [-0.1, -0.05) is 12.1 Å². The van der Waals surface area contributed by atoms with E-state index < -0.39 is 0 Å². The van der Waals surface area contributed by atoms with Gasteiger partial charge in [-0.15, -0.1) is 11.3 Å². The van der Waals surface area contributed by atoms with E-state index in [-0.39, 0.29) is 5.91 Å². The number of nitrogens with one attached hydrogen (secondary N) is 3. The quantitative estimate of drug-likeness (QED) is 0.359. The van der Waals surface area contributed by atoms with E-state index in [2.05, 4.69) is 20.5 Å². The van der Waals surface area contributed by atoms with Crippen molar-refractivity contribution >= 4 is 44.7 Å². The van der Waals surface area contributed by atoms with Gasteiger partial charge in [-0.2, -0.15) is 5.10 Å². The normalized spacial score (nSPS) is 11.3. The molecule has 154 valence electrons. The Hall–Kier alpha value is -3.85. The number of nitrogens with zero attached hydrogens (tertiary/aromatic N) is 4. The van der Waals surface area contributed by atoms with Crippen molar-refractivity contribution in [2.75, 3.05) is 0 Å². The summed E-state index contributed by atoms with van der Waals surface area (Å²) in [6, 6.07) is 9.76. The molecule has 4 heterocycles. The molecule has 0 bridgehead atoms. The zero-order valence-electron chi connectivity index (χ0n) is 16.7. The number of H-pyrrole nitrogens is 1. The molecule has 4 aromatic heterocycles. The van der Waals surface area contributed by atoms with Gasteiger partial charge in [-0.3, -0.25) is 14.9 Å². The Morgan fingerprint density at radius 2 is 2.13 bits per heavy atom. The van der Waals surface area contributed by atoms with Crippen LogP contribution in [0.5, 0.6) is 0 Å². The number of carbonyl (C=O) groups excluding carboxylic acids is 1. The molecular formula is C22H19N7OS. The summed E-state index contributed by atoms with van der Waals surface area (Å²) >= 11 is 1.52. The highest BCUT2D eigenvalue weighted by Gasteiger charge is 2.23. The first-order chi connectivity index (χ1) is 15.2. The third kappa shape index (κ3) is 3.38. The molecular weight excluding hydrogens is 410 g/mol. The predicted octanol–water partition coefficient (Wildman–Crippen LogP) is 3.42. The zero-order chi connectivity index (χ0) is 21.4. The summed E-state index contributed by atoms with van der Waals surface area (Å²) in [4.78, 5) is 21.8. The summed E-state index contributed by atoms with van der Waals surface area (Å²) in [5.41, 5.74) is 4.78. The molecule has 5 aromatic rings. The topological polar surface area (TPSA) is 112 Å². The number of carbonyl (C=O) groups is 1. The van der Waals surface area contributed by atoms with Crippen molar-refractivity contribution in [1.29, 1.82) is 5.41 Å². The van der Waals surface area contributed by atoms with E-state index in [1.165, 1.54) is 17.6 Å². The highest BCUT2D eigenvalue weighted by molar-refractivity contribution is 7.19. The van der Waals surface area contributed by atoms with Crippen LogP contribution in [0, 0.1) is 5.41 Å². The Balaban J connectivity index is 1.43. The van der Waals surface area contributed by atoms with Crippen LogP contribution in [0.15, 0.2) is 48.9 Å². The van der Waals surface area contributed by atoms with E-state index in [9.17, 15) is 4.79 Å². The minimum Gasteiger partial charge on any atom is -0.347 e. The minimum absolute atomic E-state index is 0.234. The molecule has 0 unspecified atom stereocenters. The monoisotopic (exact) mass is 429 g/mol. The molecule has 0 saturated heterocycles. The lowest BCUT2D eigenvalue weighted by molar-refractivity contribution is 0.0943. The molecule has 9 heteroatoms. The van der Waals surface area contributed by atoms with Crippen molar-refractivity contribution in [1.82, 2.24) is 30.0 Å². The number of pyridine rings is 1. The van der Waals surface area contributed by atoms with Gasteiger partial charge >= 0.3 is 0 Å². The van der Waals surface area contributed by atoms with Crippen molar-refractivity contribution in [2.24, 2.45) is 7.05 Å². The molecule has 0 radical (unpaired) electrons. The van der Waals surface area contributed by atoms with Crippen molar-refractivity contribution in [2.45, 2.75) is 13.0 Å². The molecule has 1 amide bonds. The highest BCUT2D eigenvalue weighted by Crippen LogP contribution is 2.31. The van der Waals surface area contributed by atoms with Gasteiger partial charge in [0.25, 0.3) is 5.91 Å². The lowest BCUT2D eigenvalue weighted by atomic mass is 10.1. The van der Waals surface area contributed by atoms with Crippen LogP contribution in [0.1, 0.15) is 32.2 Å². The van der Waals surface area contributed by atoms with Gasteiger partial charge in [-0.05, 0) is 29.3 Å². The molecule has 5 rings (SSSR count). The smallest absolute Gasteiger partial charge is 0.268 e. The fourth-order valence-electron chi connectivity index (χ4n) is 3.75. The van der Waals surface area contributed by atoms with Crippen LogP contribution in [-0.4, -0.2) is 36.9 Å². The average molecular weight is 430 g/mol. The Kier molecular flexibility index (Phi) is 4.79. The second kappa shape index (κ2) is 7.77. The Morgan fingerprint density at radius 3 is 2.94 bits per heavy atom. The number of hydrogen-bond acceptors (Lipinski definition) is 6. The highest BCUT2D eigenvalue weighted by atomic mass is 32.1. The number of benzene rings is 1. The molecule has 0 saturated carbocycles. The number of rotatable bonds is 6. The van der Waals surface area contributed by atoms with Gasteiger partial charge in [0, 0.05) is 49.6 Å². The molecule has 0 fully saturated rings.